The molecule has 0 atom stereocenters. The van der Waals surface area contributed by atoms with Crippen molar-refractivity contribution in [2.45, 2.75) is 11.4 Å². The van der Waals surface area contributed by atoms with Crippen LogP contribution in [0.15, 0.2) is 45.7 Å². The summed E-state index contributed by atoms with van der Waals surface area (Å²) < 4.78 is 52.9. The Morgan fingerprint density at radius 1 is 1.13 bits per heavy atom. The molecule has 4 rings (SSSR count). The highest BCUT2D eigenvalue weighted by Crippen LogP contribution is 2.35. The summed E-state index contributed by atoms with van der Waals surface area (Å²) in [7, 11) is -1.27. The number of sulfonamides is 1. The van der Waals surface area contributed by atoms with Gasteiger partial charge in [-0.25, -0.2) is 0 Å². The highest BCUT2D eigenvalue weighted by molar-refractivity contribution is 7.90. The fourth-order valence-electron chi connectivity index (χ4n) is 2.93. The van der Waals surface area contributed by atoms with Gasteiger partial charge in [0.25, 0.3) is 10.0 Å². The highest BCUT2D eigenvalue weighted by atomic mass is 32.2. The van der Waals surface area contributed by atoms with Crippen LogP contribution in [-0.4, -0.2) is 46.4 Å². The number of esters is 1. The molecule has 0 amide bonds. The zero-order chi connectivity index (χ0) is 21.3. The molecule has 30 heavy (non-hydrogen) atoms. The van der Waals surface area contributed by atoms with Crippen molar-refractivity contribution in [3.05, 3.63) is 41.2 Å². The Balaban J connectivity index is 1.89. The standard InChI is InChI=1S/C19H18N2O7S2/c1-25-12-3-5-13(6-4-12)30(23,24)20-19-21(11-18(22)26-2)14-9-15-16(10-17(14)29-19)28-8-7-27-15/h3-6,9-10H,7-8,11H2,1-2H3. The summed E-state index contributed by atoms with van der Waals surface area (Å²) in [4.78, 5) is 12.1. The summed E-state index contributed by atoms with van der Waals surface area (Å²) in [6.07, 6.45) is 0. The number of aromatic nitrogens is 1. The van der Waals surface area contributed by atoms with E-state index in [0.29, 0.717) is 40.7 Å². The van der Waals surface area contributed by atoms with Crippen LogP contribution in [0.1, 0.15) is 0 Å². The smallest absolute Gasteiger partial charge is 0.325 e. The Labute approximate surface area is 176 Å². The zero-order valence-corrected chi connectivity index (χ0v) is 17.8. The van der Waals surface area contributed by atoms with Crippen molar-refractivity contribution in [1.82, 2.24) is 4.57 Å². The van der Waals surface area contributed by atoms with Gasteiger partial charge in [-0.1, -0.05) is 11.3 Å². The van der Waals surface area contributed by atoms with Crippen molar-refractivity contribution in [2.24, 2.45) is 4.40 Å². The summed E-state index contributed by atoms with van der Waals surface area (Å²) in [5.41, 5.74) is 0.596. The van der Waals surface area contributed by atoms with Crippen LogP contribution in [-0.2, 0) is 26.1 Å². The number of hydrogen-bond donors (Lipinski definition) is 0. The Kier molecular flexibility index (Phi) is 5.39. The summed E-state index contributed by atoms with van der Waals surface area (Å²) in [6.45, 7) is 0.630. The van der Waals surface area contributed by atoms with E-state index in [0.717, 1.165) is 11.3 Å². The molecule has 0 aliphatic carbocycles. The molecular weight excluding hydrogens is 432 g/mol. The van der Waals surface area contributed by atoms with E-state index < -0.39 is 16.0 Å². The van der Waals surface area contributed by atoms with Crippen LogP contribution < -0.4 is 19.0 Å². The number of methoxy groups -OCH3 is 2. The summed E-state index contributed by atoms with van der Waals surface area (Å²) in [6, 6.07) is 9.37. The van der Waals surface area contributed by atoms with Gasteiger partial charge in [0.15, 0.2) is 11.5 Å². The molecule has 0 N–H and O–H groups in total. The summed E-state index contributed by atoms with van der Waals surface area (Å²) in [5.74, 6) is 1.08. The van der Waals surface area contributed by atoms with Gasteiger partial charge in [0.1, 0.15) is 25.5 Å². The van der Waals surface area contributed by atoms with Gasteiger partial charge in [0.05, 0.1) is 29.3 Å². The van der Waals surface area contributed by atoms with Gasteiger partial charge in [0, 0.05) is 12.1 Å². The van der Waals surface area contributed by atoms with Crippen molar-refractivity contribution < 1.29 is 32.2 Å². The van der Waals surface area contributed by atoms with E-state index >= 15 is 0 Å². The molecule has 1 aliphatic rings. The first-order chi connectivity index (χ1) is 14.4. The maximum atomic E-state index is 12.9. The first kappa shape index (κ1) is 20.2. The van der Waals surface area contributed by atoms with Crippen molar-refractivity contribution in [3.63, 3.8) is 0 Å². The number of hydrogen-bond acceptors (Lipinski definition) is 8. The predicted molar refractivity (Wildman–Crippen MR) is 109 cm³/mol. The number of fused-ring (bicyclic) bond motifs is 2. The van der Waals surface area contributed by atoms with Gasteiger partial charge < -0.3 is 23.5 Å². The van der Waals surface area contributed by atoms with E-state index in [-0.39, 0.29) is 16.2 Å². The second kappa shape index (κ2) is 8.00. The molecule has 1 aromatic heterocycles. The van der Waals surface area contributed by atoms with Gasteiger partial charge >= 0.3 is 5.97 Å². The Bertz CT molecular complexity index is 1270. The third kappa shape index (κ3) is 3.85. The van der Waals surface area contributed by atoms with Crippen molar-refractivity contribution in [3.8, 4) is 17.2 Å². The molecule has 11 heteroatoms. The van der Waals surface area contributed by atoms with Gasteiger partial charge in [-0.15, -0.1) is 4.40 Å². The predicted octanol–water partition coefficient (Wildman–Crippen LogP) is 1.95. The SMILES string of the molecule is COC(=O)Cn1c(=NS(=O)(=O)c2ccc(OC)cc2)sc2cc3c(cc21)OCCO3. The molecule has 0 saturated carbocycles. The lowest BCUT2D eigenvalue weighted by atomic mass is 10.2. The second-order valence-electron chi connectivity index (χ2n) is 6.25. The third-order valence-corrected chi connectivity index (χ3v) is 6.86. The van der Waals surface area contributed by atoms with Crippen molar-refractivity contribution in [2.75, 3.05) is 27.4 Å². The minimum absolute atomic E-state index is 0.0105. The fourth-order valence-corrected chi connectivity index (χ4v) is 5.17. The van der Waals surface area contributed by atoms with E-state index in [1.54, 1.807) is 24.3 Å². The monoisotopic (exact) mass is 450 g/mol. The molecule has 2 heterocycles. The molecule has 0 bridgehead atoms. The Morgan fingerprint density at radius 3 is 2.43 bits per heavy atom. The lowest BCUT2D eigenvalue weighted by molar-refractivity contribution is -0.141. The number of thiazole rings is 1. The number of carbonyl (C=O) groups is 1. The van der Waals surface area contributed by atoms with Crippen LogP contribution in [0.5, 0.6) is 17.2 Å². The highest BCUT2D eigenvalue weighted by Gasteiger charge is 2.20. The van der Waals surface area contributed by atoms with Crippen LogP contribution in [0, 0.1) is 0 Å². The maximum absolute atomic E-state index is 12.9. The molecule has 1 aliphatic heterocycles. The Morgan fingerprint density at radius 2 is 1.80 bits per heavy atom. The molecule has 158 valence electrons. The largest absolute Gasteiger partial charge is 0.497 e. The van der Waals surface area contributed by atoms with E-state index in [9.17, 15) is 13.2 Å². The molecule has 0 spiro atoms. The minimum atomic E-state index is -4.03. The van der Waals surface area contributed by atoms with E-state index in [2.05, 4.69) is 4.40 Å². The number of ether oxygens (including phenoxy) is 4. The van der Waals surface area contributed by atoms with E-state index in [1.165, 1.54) is 30.9 Å². The number of nitrogens with zero attached hydrogens (tertiary/aromatic N) is 2. The molecule has 2 aromatic carbocycles. The van der Waals surface area contributed by atoms with E-state index in [1.807, 2.05) is 0 Å². The normalized spacial score (nSPS) is 14.0. The fraction of sp³-hybridized carbons (Fsp3) is 0.263. The van der Waals surface area contributed by atoms with Crippen LogP contribution in [0.4, 0.5) is 0 Å². The summed E-state index contributed by atoms with van der Waals surface area (Å²) in [5, 5.41) is 0. The molecule has 0 saturated heterocycles. The average molecular weight is 450 g/mol. The van der Waals surface area contributed by atoms with Crippen LogP contribution >= 0.6 is 11.3 Å². The first-order valence-corrected chi connectivity index (χ1v) is 11.1. The number of benzene rings is 2. The quantitative estimate of drug-likeness (QED) is 0.547. The van der Waals surface area contributed by atoms with E-state index in [4.69, 9.17) is 18.9 Å². The lowest BCUT2D eigenvalue weighted by Crippen LogP contribution is -2.22. The topological polar surface area (TPSA) is 105 Å². The van der Waals surface area contributed by atoms with Gasteiger partial charge in [0.2, 0.25) is 4.80 Å². The zero-order valence-electron chi connectivity index (χ0n) is 16.2. The molecule has 3 aromatic rings. The lowest BCUT2D eigenvalue weighted by Gasteiger charge is -2.18. The van der Waals surface area contributed by atoms with Crippen molar-refractivity contribution in [1.29, 1.82) is 0 Å². The Hall–Kier alpha value is -3.05. The van der Waals surface area contributed by atoms with Gasteiger partial charge in [-0.2, -0.15) is 8.42 Å². The third-order valence-electron chi connectivity index (χ3n) is 4.42. The molecule has 9 nitrogen and oxygen atoms in total. The number of rotatable bonds is 5. The molecule has 0 radical (unpaired) electrons. The minimum Gasteiger partial charge on any atom is -0.497 e. The second-order valence-corrected chi connectivity index (χ2v) is 8.87. The van der Waals surface area contributed by atoms with Crippen LogP contribution in [0.2, 0.25) is 0 Å². The molecule has 0 unspecified atom stereocenters. The number of carbonyl (C=O) groups excluding carboxylic acids is 1. The summed E-state index contributed by atoms with van der Waals surface area (Å²) >= 11 is 1.13. The first-order valence-electron chi connectivity index (χ1n) is 8.86. The maximum Gasteiger partial charge on any atom is 0.325 e. The van der Waals surface area contributed by atoms with Gasteiger partial charge in [-0.3, -0.25) is 4.79 Å². The van der Waals surface area contributed by atoms with Crippen LogP contribution in [0.25, 0.3) is 10.2 Å². The van der Waals surface area contributed by atoms with Crippen LogP contribution in [0.3, 0.4) is 0 Å². The molecular formula is C19H18N2O7S2. The average Bonchev–Trinajstić information content (AvgIpc) is 3.07. The van der Waals surface area contributed by atoms with Gasteiger partial charge in [-0.05, 0) is 24.3 Å². The molecule has 0 fully saturated rings. The van der Waals surface area contributed by atoms with Crippen molar-refractivity contribution >= 4 is 37.5 Å².